The third-order valence-electron chi connectivity index (χ3n) is 0.658. The van der Waals surface area contributed by atoms with E-state index in [1.54, 1.807) is 0 Å². The number of rotatable bonds is 3. The lowest BCUT2D eigenvalue weighted by atomic mass is 10.3. The number of allylic oxidation sites excluding steroid dienone is 1. The van der Waals surface area contributed by atoms with Gasteiger partial charge in [0.25, 0.3) is 0 Å². The first-order valence-corrected chi connectivity index (χ1v) is 2.32. The molecule has 0 aliphatic rings. The molecular formula is C6H11-. The highest BCUT2D eigenvalue weighted by molar-refractivity contribution is 4.65. The van der Waals surface area contributed by atoms with Crippen molar-refractivity contribution in [3.05, 3.63) is 19.6 Å². The molecule has 0 heteroatoms. The van der Waals surface area contributed by atoms with Crippen molar-refractivity contribution in [3.8, 4) is 0 Å². The maximum atomic E-state index is 3.68. The van der Waals surface area contributed by atoms with Crippen LogP contribution in [-0.4, -0.2) is 0 Å². The second-order valence-corrected chi connectivity index (χ2v) is 1.28. The van der Waals surface area contributed by atoms with Gasteiger partial charge in [-0.05, 0) is 6.42 Å². The van der Waals surface area contributed by atoms with Crippen molar-refractivity contribution in [2.75, 3.05) is 0 Å². The smallest absolute Gasteiger partial charge is 0.0378 e. The van der Waals surface area contributed by atoms with Gasteiger partial charge in [0.2, 0.25) is 0 Å². The number of hydrogen-bond donors (Lipinski definition) is 0. The monoisotopic (exact) mass is 83.1 g/mol. The molecule has 0 aliphatic carbocycles. The maximum absolute atomic E-state index is 3.68. The fraction of sp³-hybridized carbons (Fsp3) is 0.500. The summed E-state index contributed by atoms with van der Waals surface area (Å²) in [5, 5.41) is 0. The van der Waals surface area contributed by atoms with Crippen LogP contribution in [0.25, 0.3) is 0 Å². The Kier molecular flexibility index (Phi) is 4.53. The summed E-state index contributed by atoms with van der Waals surface area (Å²) in [5.41, 5.74) is 0. The van der Waals surface area contributed by atoms with Gasteiger partial charge in [0.05, 0.1) is 0 Å². The SMILES string of the molecule is C=CCCC[CH2-]. The van der Waals surface area contributed by atoms with Crippen LogP contribution in [0.5, 0.6) is 0 Å². The van der Waals surface area contributed by atoms with Crippen molar-refractivity contribution in [2.24, 2.45) is 0 Å². The van der Waals surface area contributed by atoms with Crippen LogP contribution in [0.3, 0.4) is 0 Å². The molecule has 0 N–H and O–H groups in total. The van der Waals surface area contributed by atoms with Gasteiger partial charge in [0, 0.05) is 0 Å². The Hall–Kier alpha value is -0.260. The van der Waals surface area contributed by atoms with Crippen molar-refractivity contribution < 1.29 is 0 Å². The van der Waals surface area contributed by atoms with Crippen molar-refractivity contribution in [3.63, 3.8) is 0 Å². The van der Waals surface area contributed by atoms with Gasteiger partial charge in [0.1, 0.15) is 0 Å². The second kappa shape index (κ2) is 4.74. The molecule has 0 rings (SSSR count). The van der Waals surface area contributed by atoms with Gasteiger partial charge in [-0.2, -0.15) is 6.42 Å². The van der Waals surface area contributed by atoms with Crippen LogP contribution in [0.15, 0.2) is 12.7 Å². The molecule has 0 spiro atoms. The molecule has 0 bridgehead atoms. The van der Waals surface area contributed by atoms with Gasteiger partial charge in [-0.1, -0.05) is 12.5 Å². The van der Waals surface area contributed by atoms with Crippen LogP contribution in [0.4, 0.5) is 0 Å². The second-order valence-electron chi connectivity index (χ2n) is 1.28. The average molecular weight is 83.2 g/mol. The lowest BCUT2D eigenvalue weighted by Gasteiger charge is -1.88. The fourth-order valence-electron chi connectivity index (χ4n) is 0.289. The van der Waals surface area contributed by atoms with Crippen LogP contribution >= 0.6 is 0 Å². The first kappa shape index (κ1) is 5.74. The predicted octanol–water partition coefficient (Wildman–Crippen LogP) is 2.18. The zero-order valence-corrected chi connectivity index (χ0v) is 4.11. The van der Waals surface area contributed by atoms with Gasteiger partial charge in [-0.15, -0.1) is 6.58 Å². The Morgan fingerprint density at radius 2 is 2.33 bits per heavy atom. The van der Waals surface area contributed by atoms with E-state index in [0.717, 1.165) is 12.8 Å². The fourth-order valence-corrected chi connectivity index (χ4v) is 0.289. The topological polar surface area (TPSA) is 0 Å². The molecule has 0 amide bonds. The van der Waals surface area contributed by atoms with Crippen molar-refractivity contribution >= 4 is 0 Å². The molecule has 0 saturated carbocycles. The summed E-state index contributed by atoms with van der Waals surface area (Å²) < 4.78 is 0. The Labute approximate surface area is 39.9 Å². The Morgan fingerprint density at radius 3 is 2.50 bits per heavy atom. The van der Waals surface area contributed by atoms with Gasteiger partial charge < -0.3 is 6.92 Å². The van der Waals surface area contributed by atoms with Crippen LogP contribution in [-0.2, 0) is 0 Å². The quantitative estimate of drug-likeness (QED) is 0.279. The summed E-state index contributed by atoms with van der Waals surface area (Å²) >= 11 is 0. The van der Waals surface area contributed by atoms with Gasteiger partial charge in [-0.25, -0.2) is 0 Å². The van der Waals surface area contributed by atoms with Gasteiger partial charge in [-0.3, -0.25) is 0 Å². The van der Waals surface area contributed by atoms with Crippen molar-refractivity contribution in [2.45, 2.75) is 19.3 Å². The molecule has 0 heterocycles. The normalized spacial score (nSPS) is 8.17. The van der Waals surface area contributed by atoms with Crippen LogP contribution in [0, 0.1) is 6.92 Å². The van der Waals surface area contributed by atoms with E-state index in [-0.39, 0.29) is 0 Å². The summed E-state index contributed by atoms with van der Waals surface area (Å²) in [6, 6.07) is 0. The lowest BCUT2D eigenvalue weighted by Crippen LogP contribution is -1.62. The van der Waals surface area contributed by atoms with E-state index in [9.17, 15) is 0 Å². The van der Waals surface area contributed by atoms with E-state index >= 15 is 0 Å². The minimum atomic E-state index is 1.03. The molecule has 0 fully saturated rings. The van der Waals surface area contributed by atoms with Crippen LogP contribution in [0.2, 0.25) is 0 Å². The average Bonchev–Trinajstić information content (AvgIpc) is 1.61. The summed E-state index contributed by atoms with van der Waals surface area (Å²) in [6.45, 7) is 7.25. The van der Waals surface area contributed by atoms with E-state index < -0.39 is 0 Å². The molecule has 0 radical (unpaired) electrons. The van der Waals surface area contributed by atoms with Gasteiger partial charge in [0.15, 0.2) is 0 Å². The van der Waals surface area contributed by atoms with Crippen LogP contribution < -0.4 is 0 Å². The Balaban J connectivity index is 2.49. The molecule has 6 heavy (non-hydrogen) atoms. The summed E-state index contributed by atoms with van der Waals surface area (Å²) in [4.78, 5) is 0. The molecule has 0 atom stereocenters. The summed E-state index contributed by atoms with van der Waals surface area (Å²) in [5.74, 6) is 0. The molecule has 0 aromatic carbocycles. The third kappa shape index (κ3) is 3.74. The molecule has 0 aliphatic heterocycles. The molecule has 36 valence electrons. The minimum Gasteiger partial charge on any atom is -0.343 e. The lowest BCUT2D eigenvalue weighted by molar-refractivity contribution is 0.867. The zero-order valence-electron chi connectivity index (χ0n) is 4.11. The molecule has 0 saturated heterocycles. The highest BCUT2D eigenvalue weighted by Gasteiger charge is 1.66. The minimum absolute atomic E-state index is 1.03. The first-order valence-electron chi connectivity index (χ1n) is 2.32. The highest BCUT2D eigenvalue weighted by Crippen LogP contribution is 1.90. The molecule has 0 aromatic rings. The third-order valence-corrected chi connectivity index (χ3v) is 0.658. The first-order chi connectivity index (χ1) is 2.91. The molecule has 0 nitrogen and oxygen atoms in total. The van der Waals surface area contributed by atoms with E-state index in [4.69, 9.17) is 0 Å². The van der Waals surface area contributed by atoms with E-state index in [1.807, 2.05) is 6.08 Å². The molecule has 0 unspecified atom stereocenters. The molecule has 0 aromatic heterocycles. The highest BCUT2D eigenvalue weighted by atomic mass is 13.8. The van der Waals surface area contributed by atoms with E-state index in [0.29, 0.717) is 0 Å². The summed E-state index contributed by atoms with van der Waals surface area (Å²) in [7, 11) is 0. The Bertz CT molecular complexity index is 29.0. The summed E-state index contributed by atoms with van der Waals surface area (Å²) in [6.07, 6.45) is 5.25. The zero-order chi connectivity index (χ0) is 4.83. The number of hydrogen-bond acceptors (Lipinski definition) is 0. The van der Waals surface area contributed by atoms with Gasteiger partial charge >= 0.3 is 0 Å². The van der Waals surface area contributed by atoms with Crippen molar-refractivity contribution in [1.82, 2.24) is 0 Å². The van der Waals surface area contributed by atoms with E-state index in [2.05, 4.69) is 13.5 Å². The standard InChI is InChI=1S/C6H11/c1-3-5-6-4-2/h3H,1-2,4-6H2/q-1. The Morgan fingerprint density at radius 1 is 1.67 bits per heavy atom. The predicted molar refractivity (Wildman–Crippen MR) is 29.4 cm³/mol. The number of unbranched alkanes of at least 4 members (excludes halogenated alkanes) is 2. The van der Waals surface area contributed by atoms with E-state index in [1.165, 1.54) is 6.42 Å². The molecular weight excluding hydrogens is 72.1 g/mol. The maximum Gasteiger partial charge on any atom is -0.0378 e. The van der Waals surface area contributed by atoms with Crippen LogP contribution in [0.1, 0.15) is 19.3 Å². The van der Waals surface area contributed by atoms with Crippen molar-refractivity contribution in [1.29, 1.82) is 0 Å². The largest absolute Gasteiger partial charge is 0.343 e.